The van der Waals surface area contributed by atoms with Gasteiger partial charge in [0.2, 0.25) is 0 Å². The van der Waals surface area contributed by atoms with Gasteiger partial charge in [-0.3, -0.25) is 25.7 Å². The molecule has 1 heterocycles. The predicted molar refractivity (Wildman–Crippen MR) is 151 cm³/mol. The lowest BCUT2D eigenvalue weighted by molar-refractivity contribution is -0.384. The van der Waals surface area contributed by atoms with Gasteiger partial charge in [0, 0.05) is 12.1 Å². The third-order valence-electron chi connectivity index (χ3n) is 4.42. The normalized spacial score (nSPS) is 11.2. The first kappa shape index (κ1) is 26.8. The molecule has 14 heteroatoms. The van der Waals surface area contributed by atoms with E-state index in [1.54, 1.807) is 55.5 Å². The standard InChI is InChI=1S/C22H18ClN7O3S3/c1-12-18(17(28-29-20(24)34)11-8-13-6-9-14(10-7-13)30(32)33)36-22(25-12)27-21(35)26-19(31)15-4-2-3-5-16(15)23/h2-11H,1H3,(H3,24,29,34)(H2,25,26,27,31,35)/b11-8?,28-17+. The second-order valence-corrected chi connectivity index (χ2v) is 9.23. The van der Waals surface area contributed by atoms with E-state index in [0.717, 1.165) is 0 Å². The molecule has 0 aliphatic carbocycles. The fraction of sp³-hybridized carbons (Fsp3) is 0.0455. The number of aromatic nitrogens is 1. The maximum absolute atomic E-state index is 12.4. The fourth-order valence-corrected chi connectivity index (χ4v) is 4.25. The number of nitrogens with zero attached hydrogens (tertiary/aromatic N) is 3. The summed E-state index contributed by atoms with van der Waals surface area (Å²) in [6.45, 7) is 1.78. The van der Waals surface area contributed by atoms with Crippen LogP contribution >= 0.6 is 47.4 Å². The van der Waals surface area contributed by atoms with Crippen LogP contribution in [0.3, 0.4) is 0 Å². The summed E-state index contributed by atoms with van der Waals surface area (Å²) in [4.78, 5) is 27.9. The molecule has 3 aromatic rings. The van der Waals surface area contributed by atoms with E-state index in [0.29, 0.717) is 32.0 Å². The zero-order valence-corrected chi connectivity index (χ0v) is 21.7. The lowest BCUT2D eigenvalue weighted by atomic mass is 10.1. The number of non-ortho nitro benzene ring substituents is 1. The van der Waals surface area contributed by atoms with Crippen molar-refractivity contribution in [2.24, 2.45) is 10.8 Å². The quantitative estimate of drug-likeness (QED) is 0.143. The highest BCUT2D eigenvalue weighted by molar-refractivity contribution is 7.80. The van der Waals surface area contributed by atoms with Crippen LogP contribution in [0.4, 0.5) is 10.8 Å². The number of nitrogens with two attached hydrogens (primary N) is 1. The van der Waals surface area contributed by atoms with E-state index in [1.165, 1.54) is 23.5 Å². The maximum Gasteiger partial charge on any atom is 0.269 e. The van der Waals surface area contributed by atoms with Crippen molar-refractivity contribution in [2.75, 3.05) is 5.32 Å². The van der Waals surface area contributed by atoms with E-state index >= 15 is 0 Å². The van der Waals surface area contributed by atoms with Gasteiger partial charge < -0.3 is 11.1 Å². The van der Waals surface area contributed by atoms with Gasteiger partial charge in [0.1, 0.15) is 5.71 Å². The number of aryl methyl sites for hydroxylation is 1. The van der Waals surface area contributed by atoms with Crippen molar-refractivity contribution in [3.05, 3.63) is 91.4 Å². The second-order valence-electron chi connectivity index (χ2n) is 6.98. The van der Waals surface area contributed by atoms with E-state index in [2.05, 4.69) is 26.1 Å². The van der Waals surface area contributed by atoms with Crippen molar-refractivity contribution in [1.82, 2.24) is 15.7 Å². The molecule has 0 saturated carbocycles. The van der Waals surface area contributed by atoms with Gasteiger partial charge >= 0.3 is 0 Å². The Morgan fingerprint density at radius 1 is 1.22 bits per heavy atom. The minimum atomic E-state index is -0.469. The smallest absolute Gasteiger partial charge is 0.269 e. The summed E-state index contributed by atoms with van der Waals surface area (Å²) in [7, 11) is 0. The molecule has 10 nitrogen and oxygen atoms in total. The topological polar surface area (TPSA) is 148 Å². The Kier molecular flexibility index (Phi) is 9.13. The minimum Gasteiger partial charge on any atom is -0.375 e. The number of hydrogen-bond acceptors (Lipinski definition) is 8. The zero-order valence-electron chi connectivity index (χ0n) is 18.5. The molecule has 5 N–H and O–H groups in total. The number of nitro groups is 1. The summed E-state index contributed by atoms with van der Waals surface area (Å²) in [6.07, 6.45) is 3.42. The SMILES string of the molecule is Cc1nc(NC(=S)NC(=O)c2ccccc2Cl)sc1/C(C=Cc1ccc([N+](=O)[O-])cc1)=N/NC(N)=S. The number of nitrogens with one attached hydrogen (secondary N) is 3. The van der Waals surface area contributed by atoms with Crippen LogP contribution in [0, 0.1) is 17.0 Å². The zero-order chi connectivity index (χ0) is 26.2. The van der Waals surface area contributed by atoms with Crippen LogP contribution in [-0.4, -0.2) is 31.8 Å². The third-order valence-corrected chi connectivity index (χ3v) is 6.14. The minimum absolute atomic E-state index is 0.0113. The van der Waals surface area contributed by atoms with Crippen molar-refractivity contribution in [3.8, 4) is 0 Å². The molecule has 0 radical (unpaired) electrons. The van der Waals surface area contributed by atoms with Crippen LogP contribution in [0.25, 0.3) is 6.08 Å². The van der Waals surface area contributed by atoms with Gasteiger partial charge in [-0.15, -0.1) is 0 Å². The predicted octanol–water partition coefficient (Wildman–Crippen LogP) is 4.39. The summed E-state index contributed by atoms with van der Waals surface area (Å²) in [5, 5.41) is 21.3. The molecule has 2 aromatic carbocycles. The number of nitro benzene ring substituents is 1. The average Bonchev–Trinajstić information content (AvgIpc) is 3.18. The summed E-state index contributed by atoms with van der Waals surface area (Å²) >= 11 is 17.4. The molecule has 0 spiro atoms. The van der Waals surface area contributed by atoms with Crippen LogP contribution in [0.2, 0.25) is 5.02 Å². The highest BCUT2D eigenvalue weighted by Crippen LogP contribution is 2.24. The first-order valence-corrected chi connectivity index (χ1v) is 12.1. The number of rotatable bonds is 7. The Morgan fingerprint density at radius 2 is 1.92 bits per heavy atom. The van der Waals surface area contributed by atoms with Crippen LogP contribution in [0.1, 0.15) is 26.5 Å². The van der Waals surface area contributed by atoms with E-state index in [-0.39, 0.29) is 21.5 Å². The summed E-state index contributed by atoms with van der Waals surface area (Å²) in [5.41, 5.74) is 10.1. The van der Waals surface area contributed by atoms with E-state index in [1.807, 2.05) is 0 Å². The van der Waals surface area contributed by atoms with Gasteiger partial charge in [0.25, 0.3) is 11.6 Å². The third kappa shape index (κ3) is 7.36. The molecule has 1 aromatic heterocycles. The van der Waals surface area contributed by atoms with Crippen LogP contribution in [0.5, 0.6) is 0 Å². The molecule has 0 unspecified atom stereocenters. The molecule has 0 fully saturated rings. The molecule has 0 atom stereocenters. The molecule has 0 aliphatic heterocycles. The lowest BCUT2D eigenvalue weighted by Crippen LogP contribution is -2.34. The molecule has 0 bridgehead atoms. The van der Waals surface area contributed by atoms with Gasteiger partial charge in [-0.1, -0.05) is 41.1 Å². The Bertz CT molecular complexity index is 1390. The molecular formula is C22H18ClN7O3S3. The number of thiazole rings is 1. The number of hydrogen-bond donors (Lipinski definition) is 4. The van der Waals surface area contributed by atoms with Crippen molar-refractivity contribution >= 4 is 86.1 Å². The van der Waals surface area contributed by atoms with E-state index in [9.17, 15) is 14.9 Å². The molecule has 3 rings (SSSR count). The van der Waals surface area contributed by atoms with Crippen LogP contribution in [-0.2, 0) is 0 Å². The number of carbonyl (C=O) groups excluding carboxylic acids is 1. The van der Waals surface area contributed by atoms with Gasteiger partial charge in [-0.25, -0.2) is 4.98 Å². The van der Waals surface area contributed by atoms with Crippen molar-refractivity contribution in [2.45, 2.75) is 6.92 Å². The van der Waals surface area contributed by atoms with E-state index in [4.69, 9.17) is 41.8 Å². The first-order chi connectivity index (χ1) is 17.1. The van der Waals surface area contributed by atoms with E-state index < -0.39 is 10.8 Å². The van der Waals surface area contributed by atoms with Gasteiger partial charge in [-0.05, 0) is 67.3 Å². The molecule has 1 amide bonds. The summed E-state index contributed by atoms with van der Waals surface area (Å²) in [6, 6.07) is 12.6. The van der Waals surface area contributed by atoms with Crippen molar-refractivity contribution < 1.29 is 9.72 Å². The Balaban J connectivity index is 1.78. The number of halogens is 1. The molecular weight excluding hydrogens is 542 g/mol. The highest BCUT2D eigenvalue weighted by Gasteiger charge is 2.16. The van der Waals surface area contributed by atoms with Crippen molar-refractivity contribution in [1.29, 1.82) is 0 Å². The maximum atomic E-state index is 12.4. The fourth-order valence-electron chi connectivity index (χ4n) is 2.79. The number of thiocarbonyl (C=S) groups is 2. The summed E-state index contributed by atoms with van der Waals surface area (Å²) in [5.74, 6) is -0.458. The molecule has 36 heavy (non-hydrogen) atoms. The molecule has 184 valence electrons. The van der Waals surface area contributed by atoms with Crippen molar-refractivity contribution in [3.63, 3.8) is 0 Å². The second kappa shape index (κ2) is 12.3. The highest BCUT2D eigenvalue weighted by atomic mass is 35.5. The summed E-state index contributed by atoms with van der Waals surface area (Å²) < 4.78 is 0. The van der Waals surface area contributed by atoms with Gasteiger partial charge in [0.15, 0.2) is 15.4 Å². The lowest BCUT2D eigenvalue weighted by Gasteiger charge is -2.08. The van der Waals surface area contributed by atoms with Crippen LogP contribution in [0.15, 0.2) is 59.7 Å². The van der Waals surface area contributed by atoms with Gasteiger partial charge in [0.05, 0.1) is 26.1 Å². The number of carbonyl (C=O) groups is 1. The van der Waals surface area contributed by atoms with Crippen LogP contribution < -0.4 is 21.8 Å². The monoisotopic (exact) mass is 559 g/mol. The number of anilines is 1. The number of benzene rings is 2. The first-order valence-electron chi connectivity index (χ1n) is 10.0. The molecule has 0 saturated heterocycles. The number of hydrazone groups is 1. The number of allylic oxidation sites excluding steroid dienone is 1. The number of amides is 1. The molecule has 0 aliphatic rings. The Hall–Kier alpha value is -3.78. The van der Waals surface area contributed by atoms with Gasteiger partial charge in [-0.2, -0.15) is 5.10 Å². The Labute approximate surface area is 225 Å². The largest absolute Gasteiger partial charge is 0.375 e. The average molecular weight is 560 g/mol. The Morgan fingerprint density at radius 3 is 2.56 bits per heavy atom.